The summed E-state index contributed by atoms with van der Waals surface area (Å²) in [6.07, 6.45) is 5.24. The van der Waals surface area contributed by atoms with Crippen LogP contribution in [-0.2, 0) is 22.6 Å². The summed E-state index contributed by atoms with van der Waals surface area (Å²) in [7, 11) is 1.65. The van der Waals surface area contributed by atoms with Crippen LogP contribution in [0.3, 0.4) is 0 Å². The first kappa shape index (κ1) is 23.9. The molecule has 0 aliphatic heterocycles. The van der Waals surface area contributed by atoms with Crippen LogP contribution in [0.2, 0.25) is 0 Å². The third-order valence-electron chi connectivity index (χ3n) is 6.41. The van der Waals surface area contributed by atoms with Crippen LogP contribution in [0, 0.1) is 5.92 Å². The number of carbonyl (C=O) groups excluding carboxylic acids is 2. The van der Waals surface area contributed by atoms with E-state index in [1.165, 1.54) is 10.9 Å². The van der Waals surface area contributed by atoms with Gasteiger partial charge in [-0.3, -0.25) is 9.59 Å². The summed E-state index contributed by atoms with van der Waals surface area (Å²) >= 11 is 0. The van der Waals surface area contributed by atoms with Crippen molar-refractivity contribution in [2.24, 2.45) is 5.92 Å². The van der Waals surface area contributed by atoms with Gasteiger partial charge in [-0.1, -0.05) is 44.2 Å². The second kappa shape index (κ2) is 10.8. The van der Waals surface area contributed by atoms with Gasteiger partial charge >= 0.3 is 0 Å². The van der Waals surface area contributed by atoms with Crippen LogP contribution < -0.4 is 4.74 Å². The molecule has 2 aromatic carbocycles. The number of hydrogen-bond acceptors (Lipinski definition) is 3. The number of rotatable bonds is 11. The molecule has 1 aliphatic carbocycles. The van der Waals surface area contributed by atoms with Crippen molar-refractivity contribution < 1.29 is 14.3 Å². The molecule has 0 bridgehead atoms. The largest absolute Gasteiger partial charge is 0.497 e. The number of H-pyrrole nitrogens is 1. The molecule has 1 aliphatic rings. The molecule has 0 unspecified atom stereocenters. The zero-order valence-electron chi connectivity index (χ0n) is 20.4. The van der Waals surface area contributed by atoms with Crippen molar-refractivity contribution >= 4 is 22.7 Å². The van der Waals surface area contributed by atoms with E-state index in [0.29, 0.717) is 19.5 Å². The Balaban J connectivity index is 1.50. The van der Waals surface area contributed by atoms with Crippen molar-refractivity contribution in [1.82, 2.24) is 14.8 Å². The van der Waals surface area contributed by atoms with Gasteiger partial charge in [0.2, 0.25) is 11.8 Å². The summed E-state index contributed by atoms with van der Waals surface area (Å²) in [6.45, 7) is 5.33. The Morgan fingerprint density at radius 1 is 1.06 bits per heavy atom. The quantitative estimate of drug-likeness (QED) is 0.447. The van der Waals surface area contributed by atoms with E-state index in [0.717, 1.165) is 36.1 Å². The van der Waals surface area contributed by atoms with E-state index in [4.69, 9.17) is 4.74 Å². The van der Waals surface area contributed by atoms with E-state index in [9.17, 15) is 9.59 Å². The fraction of sp³-hybridized carbons (Fsp3) is 0.429. The van der Waals surface area contributed by atoms with E-state index < -0.39 is 0 Å². The van der Waals surface area contributed by atoms with Crippen molar-refractivity contribution in [3.63, 3.8) is 0 Å². The number of hydrogen-bond donors (Lipinski definition) is 1. The predicted molar refractivity (Wildman–Crippen MR) is 135 cm³/mol. The van der Waals surface area contributed by atoms with Crippen molar-refractivity contribution in [1.29, 1.82) is 0 Å². The van der Waals surface area contributed by atoms with Crippen LogP contribution >= 0.6 is 0 Å². The molecule has 0 saturated heterocycles. The molecule has 1 fully saturated rings. The lowest BCUT2D eigenvalue weighted by atomic mass is 10.1. The van der Waals surface area contributed by atoms with Crippen LogP contribution in [0.25, 0.3) is 10.9 Å². The second-order valence-corrected chi connectivity index (χ2v) is 9.62. The van der Waals surface area contributed by atoms with Crippen LogP contribution in [0.1, 0.15) is 44.2 Å². The van der Waals surface area contributed by atoms with Gasteiger partial charge < -0.3 is 19.5 Å². The van der Waals surface area contributed by atoms with Crippen molar-refractivity contribution in [2.45, 2.75) is 52.1 Å². The Kier molecular flexibility index (Phi) is 7.56. The highest BCUT2D eigenvalue weighted by Crippen LogP contribution is 2.28. The van der Waals surface area contributed by atoms with Gasteiger partial charge in [0.25, 0.3) is 0 Å². The van der Waals surface area contributed by atoms with E-state index >= 15 is 0 Å². The van der Waals surface area contributed by atoms with E-state index in [2.05, 4.69) is 17.1 Å². The Bertz CT molecular complexity index is 1120. The van der Waals surface area contributed by atoms with Crippen LogP contribution in [0.15, 0.2) is 54.7 Å². The number of ether oxygens (including phenoxy) is 1. The standard InChI is InChI=1S/C28H35N3O3/c1-20(2)16-27(32)31(23-10-11-23)19-28(33)30(18-21-8-12-24(34-3)13-9-21)15-14-22-17-29-26-7-5-4-6-25(22)26/h4-9,12-13,17,20,23,29H,10-11,14-16,18-19H2,1-3H3. The Labute approximate surface area is 201 Å². The molecule has 1 saturated carbocycles. The van der Waals surface area contributed by atoms with Crippen molar-refractivity contribution in [3.8, 4) is 5.75 Å². The second-order valence-electron chi connectivity index (χ2n) is 9.62. The SMILES string of the molecule is COc1ccc(CN(CCc2c[nH]c3ccccc23)C(=O)CN(C(=O)CC(C)C)C2CC2)cc1. The predicted octanol–water partition coefficient (Wildman–Crippen LogP) is 4.78. The summed E-state index contributed by atoms with van der Waals surface area (Å²) in [5.74, 6) is 1.16. The maximum Gasteiger partial charge on any atom is 0.242 e. The summed E-state index contributed by atoms with van der Waals surface area (Å²) in [5.41, 5.74) is 3.34. The minimum Gasteiger partial charge on any atom is -0.497 e. The first-order valence-corrected chi connectivity index (χ1v) is 12.2. The summed E-state index contributed by atoms with van der Waals surface area (Å²) < 4.78 is 5.27. The maximum atomic E-state index is 13.5. The molecule has 6 nitrogen and oxygen atoms in total. The lowest BCUT2D eigenvalue weighted by Crippen LogP contribution is -2.44. The molecule has 0 spiro atoms. The van der Waals surface area contributed by atoms with Crippen LogP contribution in [0.4, 0.5) is 0 Å². The Morgan fingerprint density at radius 2 is 1.79 bits per heavy atom. The average Bonchev–Trinajstić information content (AvgIpc) is 3.59. The number of para-hydroxylation sites is 1. The molecule has 0 radical (unpaired) electrons. The molecular weight excluding hydrogens is 426 g/mol. The topological polar surface area (TPSA) is 65.6 Å². The van der Waals surface area contributed by atoms with E-state index in [-0.39, 0.29) is 30.3 Å². The minimum atomic E-state index is -0.000310. The van der Waals surface area contributed by atoms with Gasteiger partial charge in [-0.05, 0) is 54.5 Å². The van der Waals surface area contributed by atoms with Gasteiger partial charge in [0.05, 0.1) is 7.11 Å². The van der Waals surface area contributed by atoms with Gasteiger partial charge in [0.15, 0.2) is 0 Å². The van der Waals surface area contributed by atoms with Crippen LogP contribution in [0.5, 0.6) is 5.75 Å². The molecule has 4 rings (SSSR count). The molecular formula is C28H35N3O3. The van der Waals surface area contributed by atoms with Gasteiger partial charge in [0, 0.05) is 42.7 Å². The first-order chi connectivity index (χ1) is 16.4. The van der Waals surface area contributed by atoms with E-state index in [1.54, 1.807) is 7.11 Å². The molecule has 1 aromatic heterocycles. The van der Waals surface area contributed by atoms with E-state index in [1.807, 2.05) is 66.2 Å². The number of aromatic nitrogens is 1. The normalized spacial score (nSPS) is 13.3. The van der Waals surface area contributed by atoms with Gasteiger partial charge in [-0.15, -0.1) is 0 Å². The Morgan fingerprint density at radius 3 is 2.47 bits per heavy atom. The highest BCUT2D eigenvalue weighted by Gasteiger charge is 2.34. The molecule has 1 N–H and O–H groups in total. The third-order valence-corrected chi connectivity index (χ3v) is 6.41. The fourth-order valence-corrected chi connectivity index (χ4v) is 4.36. The maximum absolute atomic E-state index is 13.5. The highest BCUT2D eigenvalue weighted by atomic mass is 16.5. The number of nitrogens with one attached hydrogen (secondary N) is 1. The number of amides is 2. The number of nitrogens with zero attached hydrogens (tertiary/aromatic N) is 2. The Hall–Kier alpha value is -3.28. The van der Waals surface area contributed by atoms with Crippen LogP contribution in [-0.4, -0.2) is 52.8 Å². The molecule has 2 amide bonds. The summed E-state index contributed by atoms with van der Waals surface area (Å²) in [5, 5.41) is 1.19. The number of methoxy groups -OCH3 is 1. The highest BCUT2D eigenvalue weighted by molar-refractivity contribution is 5.86. The number of aromatic amines is 1. The number of fused-ring (bicyclic) bond motifs is 1. The summed E-state index contributed by atoms with van der Waals surface area (Å²) in [6, 6.07) is 16.3. The molecule has 0 atom stereocenters. The van der Waals surface area contributed by atoms with Gasteiger partial charge in [0.1, 0.15) is 12.3 Å². The molecule has 34 heavy (non-hydrogen) atoms. The minimum absolute atomic E-state index is 0.000310. The number of carbonyl (C=O) groups is 2. The van der Waals surface area contributed by atoms with Crippen molar-refractivity contribution in [2.75, 3.05) is 20.2 Å². The monoisotopic (exact) mass is 461 g/mol. The molecule has 1 heterocycles. The fourth-order valence-electron chi connectivity index (χ4n) is 4.36. The molecule has 180 valence electrons. The van der Waals surface area contributed by atoms with Crippen molar-refractivity contribution in [3.05, 3.63) is 65.9 Å². The van der Waals surface area contributed by atoms with Gasteiger partial charge in [-0.2, -0.15) is 0 Å². The first-order valence-electron chi connectivity index (χ1n) is 12.2. The lowest BCUT2D eigenvalue weighted by molar-refractivity contribution is -0.141. The van der Waals surface area contributed by atoms with Gasteiger partial charge in [-0.25, -0.2) is 0 Å². The zero-order valence-corrected chi connectivity index (χ0v) is 20.4. The molecule has 3 aromatic rings. The third kappa shape index (κ3) is 5.99. The summed E-state index contributed by atoms with van der Waals surface area (Å²) in [4.78, 5) is 33.4. The number of benzene rings is 2. The lowest BCUT2D eigenvalue weighted by Gasteiger charge is -2.28. The average molecular weight is 462 g/mol. The zero-order chi connectivity index (χ0) is 24.1. The smallest absolute Gasteiger partial charge is 0.242 e. The molecule has 6 heteroatoms.